The van der Waals surface area contributed by atoms with E-state index in [9.17, 15) is 19.2 Å². The first-order chi connectivity index (χ1) is 25.6. The molecular weight excluding hydrogens is 712 g/mol. The lowest BCUT2D eigenvalue weighted by Crippen LogP contribution is -2.54. The average Bonchev–Trinajstić information content (AvgIpc) is 3.67. The van der Waals surface area contributed by atoms with Crippen LogP contribution in [-0.4, -0.2) is 61.4 Å². The van der Waals surface area contributed by atoms with E-state index in [1.54, 1.807) is 19.1 Å². The summed E-state index contributed by atoms with van der Waals surface area (Å²) in [5, 5.41) is 11.2. The van der Waals surface area contributed by atoms with Crippen LogP contribution in [-0.2, 0) is 44.9 Å². The van der Waals surface area contributed by atoms with Gasteiger partial charge in [0.15, 0.2) is 5.78 Å². The number of halogens is 1. The van der Waals surface area contributed by atoms with Crippen LogP contribution in [0.15, 0.2) is 90.3 Å². The van der Waals surface area contributed by atoms with E-state index in [2.05, 4.69) is 16.0 Å². The lowest BCUT2D eigenvalue weighted by molar-refractivity contribution is -0.131. The second-order valence-electron chi connectivity index (χ2n) is 12.7. The Morgan fingerprint density at radius 1 is 0.679 bits per heavy atom. The van der Waals surface area contributed by atoms with Crippen molar-refractivity contribution in [3.05, 3.63) is 117 Å². The van der Waals surface area contributed by atoms with E-state index < -0.39 is 35.9 Å². The minimum Gasteiger partial charge on any atom is -0.494 e. The molecule has 3 amide bonds. The number of nitrogens with two attached hydrogens (primary N) is 1. The van der Waals surface area contributed by atoms with Crippen LogP contribution in [0.2, 0.25) is 5.02 Å². The van der Waals surface area contributed by atoms with Crippen LogP contribution in [0.1, 0.15) is 48.8 Å². The predicted molar refractivity (Wildman–Crippen MR) is 209 cm³/mol. The van der Waals surface area contributed by atoms with Gasteiger partial charge in [-0.05, 0) is 91.2 Å². The lowest BCUT2D eigenvalue weighted by Gasteiger charge is -2.25. The first-order valence-corrected chi connectivity index (χ1v) is 19.2. The minimum absolute atomic E-state index is 0.0528. The first kappa shape index (κ1) is 41.1. The maximum atomic E-state index is 14.0. The largest absolute Gasteiger partial charge is 0.494 e. The van der Waals surface area contributed by atoms with Crippen molar-refractivity contribution in [2.45, 2.75) is 71.0 Å². The van der Waals surface area contributed by atoms with Gasteiger partial charge in [-0.1, -0.05) is 61.0 Å². The highest BCUT2D eigenvalue weighted by Crippen LogP contribution is 2.18. The van der Waals surface area contributed by atoms with Crippen molar-refractivity contribution in [2.24, 2.45) is 11.7 Å². The molecule has 10 nitrogen and oxygen atoms in total. The third-order valence-electron chi connectivity index (χ3n) is 8.66. The van der Waals surface area contributed by atoms with Gasteiger partial charge >= 0.3 is 0 Å². The number of ketones is 1. The number of amides is 3. The predicted octanol–water partition coefficient (Wildman–Crippen LogP) is 5.48. The van der Waals surface area contributed by atoms with Gasteiger partial charge in [0.05, 0.1) is 31.2 Å². The standard InChI is InChI=1S/C41H49ClN4O6S/c1-4-38(47)36(23-28-9-15-31(42)16-10-28)45-39(48)30(22-27-11-17-32(18-12-27)51-5-2)26-44-41(50)37(24-29-13-19-33(20-14-29)52-6-3)46-40(49)35(43)25-34-8-7-21-53-34/h7-21,30,35-37H,4-6,22-26,43H2,1-3H3,(H,44,50)(H,45,48)(H,46,49). The van der Waals surface area contributed by atoms with E-state index in [0.29, 0.717) is 42.6 Å². The van der Waals surface area contributed by atoms with Crippen LogP contribution >= 0.6 is 22.9 Å². The number of ether oxygens (including phenoxy) is 2. The van der Waals surface area contributed by atoms with Crippen molar-refractivity contribution in [2.75, 3.05) is 19.8 Å². The van der Waals surface area contributed by atoms with Gasteiger partial charge in [0, 0.05) is 35.7 Å². The Hall–Kier alpha value is -4.71. The molecule has 0 aliphatic rings. The van der Waals surface area contributed by atoms with Gasteiger partial charge in [-0.15, -0.1) is 11.3 Å². The van der Waals surface area contributed by atoms with Crippen molar-refractivity contribution in [3.63, 3.8) is 0 Å². The molecule has 5 N–H and O–H groups in total. The third kappa shape index (κ3) is 13.3. The van der Waals surface area contributed by atoms with Crippen LogP contribution in [0.3, 0.4) is 0 Å². The quantitative estimate of drug-likeness (QED) is 0.0880. The molecule has 4 rings (SSSR count). The molecule has 53 heavy (non-hydrogen) atoms. The van der Waals surface area contributed by atoms with Crippen molar-refractivity contribution in [3.8, 4) is 11.5 Å². The van der Waals surface area contributed by atoms with Crippen molar-refractivity contribution in [1.82, 2.24) is 16.0 Å². The first-order valence-electron chi connectivity index (χ1n) is 17.9. The van der Waals surface area contributed by atoms with Crippen LogP contribution in [0.25, 0.3) is 0 Å². The number of carbonyl (C=O) groups excluding carboxylic acids is 4. The fraction of sp³-hybridized carbons (Fsp3) is 0.366. The lowest BCUT2D eigenvalue weighted by atomic mass is 9.95. The molecule has 4 atom stereocenters. The molecule has 0 aliphatic carbocycles. The van der Waals surface area contributed by atoms with Crippen LogP contribution in [0, 0.1) is 5.92 Å². The molecule has 4 aromatic rings. The summed E-state index contributed by atoms with van der Waals surface area (Å²) < 4.78 is 11.2. The van der Waals surface area contributed by atoms with E-state index >= 15 is 0 Å². The summed E-state index contributed by atoms with van der Waals surface area (Å²) in [6.45, 7) is 6.54. The molecule has 0 bridgehead atoms. The van der Waals surface area contributed by atoms with Crippen molar-refractivity contribution in [1.29, 1.82) is 0 Å². The summed E-state index contributed by atoms with van der Waals surface area (Å²) in [6.07, 6.45) is 1.31. The van der Waals surface area contributed by atoms with Gasteiger partial charge in [0.25, 0.3) is 0 Å². The second-order valence-corrected chi connectivity index (χ2v) is 14.1. The Morgan fingerprint density at radius 3 is 1.74 bits per heavy atom. The molecule has 282 valence electrons. The molecule has 0 fully saturated rings. The summed E-state index contributed by atoms with van der Waals surface area (Å²) in [7, 11) is 0. The van der Waals surface area contributed by atoms with Gasteiger partial charge in [0.1, 0.15) is 17.5 Å². The maximum Gasteiger partial charge on any atom is 0.242 e. The normalized spacial score (nSPS) is 13.2. The molecule has 1 aromatic heterocycles. The Morgan fingerprint density at radius 2 is 1.21 bits per heavy atom. The molecule has 0 saturated heterocycles. The monoisotopic (exact) mass is 760 g/mol. The number of rotatable bonds is 21. The van der Waals surface area contributed by atoms with E-state index in [1.807, 2.05) is 92.0 Å². The van der Waals surface area contributed by atoms with E-state index in [1.165, 1.54) is 11.3 Å². The van der Waals surface area contributed by atoms with Crippen molar-refractivity contribution < 1.29 is 28.7 Å². The molecule has 0 radical (unpaired) electrons. The van der Waals surface area contributed by atoms with Gasteiger partial charge in [-0.2, -0.15) is 0 Å². The summed E-state index contributed by atoms with van der Waals surface area (Å²) in [5.74, 6) is -0.791. The zero-order chi connectivity index (χ0) is 38.2. The Labute approximate surface area is 320 Å². The van der Waals surface area contributed by atoms with Gasteiger partial charge < -0.3 is 31.2 Å². The zero-order valence-electron chi connectivity index (χ0n) is 30.4. The number of hydrogen-bond acceptors (Lipinski definition) is 8. The van der Waals surface area contributed by atoms with Gasteiger partial charge in [-0.3, -0.25) is 19.2 Å². The number of benzene rings is 3. The molecule has 0 saturated carbocycles. The Balaban J connectivity index is 1.54. The number of hydrogen-bond donors (Lipinski definition) is 4. The summed E-state index contributed by atoms with van der Waals surface area (Å²) in [5.41, 5.74) is 8.77. The van der Waals surface area contributed by atoms with Gasteiger partial charge in [0.2, 0.25) is 17.7 Å². The van der Waals surface area contributed by atoms with Crippen LogP contribution in [0.4, 0.5) is 0 Å². The van der Waals surface area contributed by atoms with Crippen LogP contribution < -0.4 is 31.2 Å². The maximum absolute atomic E-state index is 14.0. The summed E-state index contributed by atoms with van der Waals surface area (Å²) >= 11 is 7.58. The zero-order valence-corrected chi connectivity index (χ0v) is 32.0. The Kier molecular flexibility index (Phi) is 16.3. The van der Waals surface area contributed by atoms with Gasteiger partial charge in [-0.25, -0.2) is 0 Å². The molecule has 0 spiro atoms. The molecule has 3 aromatic carbocycles. The number of thiophene rings is 1. The third-order valence-corrected chi connectivity index (χ3v) is 9.81. The topological polar surface area (TPSA) is 149 Å². The number of carbonyl (C=O) groups is 4. The fourth-order valence-corrected chi connectivity index (χ4v) is 6.66. The van der Waals surface area contributed by atoms with Crippen LogP contribution in [0.5, 0.6) is 11.5 Å². The van der Waals surface area contributed by atoms with E-state index in [-0.39, 0.29) is 37.5 Å². The fourth-order valence-electron chi connectivity index (χ4n) is 5.77. The SMILES string of the molecule is CCOc1ccc(CC(CNC(=O)C(Cc2ccc(OCC)cc2)NC(=O)C(N)Cc2cccs2)C(=O)NC(Cc2ccc(Cl)cc2)C(=O)CC)cc1. The summed E-state index contributed by atoms with van der Waals surface area (Å²) in [6, 6.07) is 23.0. The summed E-state index contributed by atoms with van der Waals surface area (Å²) in [4.78, 5) is 55.3. The molecule has 12 heteroatoms. The van der Waals surface area contributed by atoms with E-state index in [4.69, 9.17) is 26.8 Å². The Bertz CT molecular complexity index is 1750. The van der Waals surface area contributed by atoms with Crippen molar-refractivity contribution >= 4 is 46.4 Å². The second kappa shape index (κ2) is 21.1. The highest BCUT2D eigenvalue weighted by atomic mass is 35.5. The molecule has 4 unspecified atom stereocenters. The average molecular weight is 761 g/mol. The minimum atomic E-state index is -0.983. The van der Waals surface area contributed by atoms with E-state index in [0.717, 1.165) is 21.6 Å². The molecule has 0 aliphatic heterocycles. The molecular formula is C41H49ClN4O6S. The number of Topliss-reactive ketones (excluding diaryl/α,β-unsaturated/α-hetero) is 1. The highest BCUT2D eigenvalue weighted by Gasteiger charge is 2.29. The molecule has 1 heterocycles. The number of nitrogens with one attached hydrogen (secondary N) is 3. The highest BCUT2D eigenvalue weighted by molar-refractivity contribution is 7.09. The smallest absolute Gasteiger partial charge is 0.242 e.